The van der Waals surface area contributed by atoms with Gasteiger partial charge in [0.1, 0.15) is 17.3 Å². The van der Waals surface area contributed by atoms with Gasteiger partial charge in [-0.3, -0.25) is 4.90 Å². The van der Waals surface area contributed by atoms with Crippen LogP contribution in [0, 0.1) is 5.41 Å². The molecule has 4 heteroatoms. The summed E-state index contributed by atoms with van der Waals surface area (Å²) in [6.07, 6.45) is 2.59. The fourth-order valence-electron chi connectivity index (χ4n) is 2.82. The molecule has 0 bridgehead atoms. The molecule has 110 valence electrons. The van der Waals surface area contributed by atoms with E-state index in [9.17, 15) is 0 Å². The summed E-state index contributed by atoms with van der Waals surface area (Å²) in [5.41, 5.74) is 6.95. The molecule has 0 aromatic heterocycles. The van der Waals surface area contributed by atoms with Crippen molar-refractivity contribution in [3.8, 4) is 5.75 Å². The first-order chi connectivity index (χ1) is 9.48. The second-order valence-corrected chi connectivity index (χ2v) is 6.69. The summed E-state index contributed by atoms with van der Waals surface area (Å²) < 4.78 is 5.86. The average Bonchev–Trinajstić information content (AvgIpc) is 2.38. The van der Waals surface area contributed by atoms with Gasteiger partial charge in [0.2, 0.25) is 0 Å². The molecule has 0 radical (unpaired) electrons. The van der Waals surface area contributed by atoms with Crippen molar-refractivity contribution in [2.75, 3.05) is 26.2 Å². The molecule has 1 aliphatic heterocycles. The van der Waals surface area contributed by atoms with Crippen LogP contribution < -0.4 is 10.5 Å². The van der Waals surface area contributed by atoms with Crippen LogP contribution >= 0.6 is 12.2 Å². The third-order valence-corrected chi connectivity index (χ3v) is 4.02. The quantitative estimate of drug-likeness (QED) is 0.847. The number of hydrogen-bond acceptors (Lipinski definition) is 3. The van der Waals surface area contributed by atoms with Crippen molar-refractivity contribution >= 4 is 17.2 Å². The van der Waals surface area contributed by atoms with Gasteiger partial charge in [-0.05, 0) is 36.9 Å². The molecule has 20 heavy (non-hydrogen) atoms. The van der Waals surface area contributed by atoms with Gasteiger partial charge in [0.25, 0.3) is 0 Å². The number of thiocarbonyl (C=S) groups is 1. The zero-order chi connectivity index (χ0) is 14.6. The van der Waals surface area contributed by atoms with Gasteiger partial charge in [-0.2, -0.15) is 0 Å². The third kappa shape index (κ3) is 4.18. The second kappa shape index (κ2) is 6.55. The van der Waals surface area contributed by atoms with E-state index in [-0.39, 0.29) is 0 Å². The monoisotopic (exact) mass is 292 g/mol. The molecule has 1 fully saturated rings. The third-order valence-electron chi connectivity index (χ3n) is 3.80. The molecule has 1 heterocycles. The number of piperidine rings is 1. The molecule has 0 unspecified atom stereocenters. The summed E-state index contributed by atoms with van der Waals surface area (Å²) in [4.78, 5) is 2.87. The lowest BCUT2D eigenvalue weighted by molar-refractivity contribution is 0.102. The number of likely N-dealkylation sites (tertiary alicyclic amines) is 1. The average molecular weight is 292 g/mol. The van der Waals surface area contributed by atoms with Crippen molar-refractivity contribution in [2.45, 2.75) is 26.7 Å². The molecule has 0 aliphatic carbocycles. The molecular weight excluding hydrogens is 268 g/mol. The standard InChI is InChI=1S/C16H24N2OS/c1-16(2)8-5-9-18(12-16)10-11-19-14-7-4-3-6-13(14)15(17)20/h3-4,6-7H,5,8-12H2,1-2H3,(H2,17,20). The molecule has 1 aromatic carbocycles. The van der Waals surface area contributed by atoms with Crippen molar-refractivity contribution < 1.29 is 4.74 Å². The first kappa shape index (κ1) is 15.3. The predicted molar refractivity (Wildman–Crippen MR) is 87.3 cm³/mol. The van der Waals surface area contributed by atoms with Crippen LogP contribution in [0.4, 0.5) is 0 Å². The Bertz CT molecular complexity index is 473. The van der Waals surface area contributed by atoms with Crippen LogP contribution in [0.25, 0.3) is 0 Å². The van der Waals surface area contributed by atoms with Gasteiger partial charge in [0.15, 0.2) is 0 Å². The Kier molecular flexibility index (Phi) is 5.00. The molecule has 2 N–H and O–H groups in total. The summed E-state index contributed by atoms with van der Waals surface area (Å²) in [6, 6.07) is 7.70. The first-order valence-electron chi connectivity index (χ1n) is 7.22. The van der Waals surface area contributed by atoms with Crippen LogP contribution in [0.1, 0.15) is 32.3 Å². The van der Waals surface area contributed by atoms with E-state index in [0.29, 0.717) is 17.0 Å². The van der Waals surface area contributed by atoms with Crippen molar-refractivity contribution in [2.24, 2.45) is 11.1 Å². The number of rotatable bonds is 5. The fraction of sp³-hybridized carbons (Fsp3) is 0.562. The van der Waals surface area contributed by atoms with Crippen molar-refractivity contribution in [3.63, 3.8) is 0 Å². The van der Waals surface area contributed by atoms with E-state index < -0.39 is 0 Å². The molecule has 0 spiro atoms. The molecule has 0 atom stereocenters. The molecular formula is C16H24N2OS. The first-order valence-corrected chi connectivity index (χ1v) is 7.63. The lowest BCUT2D eigenvalue weighted by Crippen LogP contribution is -2.41. The van der Waals surface area contributed by atoms with Crippen LogP contribution in [0.15, 0.2) is 24.3 Å². The molecule has 1 aliphatic rings. The highest BCUT2D eigenvalue weighted by atomic mass is 32.1. The highest BCUT2D eigenvalue weighted by Crippen LogP contribution is 2.28. The molecule has 2 rings (SSSR count). The summed E-state index contributed by atoms with van der Waals surface area (Å²) >= 11 is 5.04. The second-order valence-electron chi connectivity index (χ2n) is 6.25. The van der Waals surface area contributed by atoms with E-state index in [1.807, 2.05) is 24.3 Å². The van der Waals surface area contributed by atoms with Crippen LogP contribution in [-0.2, 0) is 0 Å². The summed E-state index contributed by atoms with van der Waals surface area (Å²) in [6.45, 7) is 8.62. The Labute approximate surface area is 127 Å². The van der Waals surface area contributed by atoms with Crippen molar-refractivity contribution in [1.29, 1.82) is 0 Å². The number of para-hydroxylation sites is 1. The number of hydrogen-bond donors (Lipinski definition) is 1. The molecule has 1 saturated heterocycles. The summed E-state index contributed by atoms with van der Waals surface area (Å²) in [5, 5.41) is 0. The van der Waals surface area contributed by atoms with Gasteiger partial charge in [0, 0.05) is 13.1 Å². The minimum absolute atomic E-state index is 0.389. The highest BCUT2D eigenvalue weighted by Gasteiger charge is 2.25. The van der Waals surface area contributed by atoms with E-state index in [2.05, 4.69) is 18.7 Å². The Hall–Kier alpha value is -1.13. The Morgan fingerprint density at radius 1 is 1.40 bits per heavy atom. The molecule has 0 saturated carbocycles. The van der Waals surface area contributed by atoms with Gasteiger partial charge in [-0.1, -0.05) is 38.2 Å². The number of benzene rings is 1. The minimum atomic E-state index is 0.389. The largest absolute Gasteiger partial charge is 0.492 e. The maximum Gasteiger partial charge on any atom is 0.129 e. The van der Waals surface area contributed by atoms with Crippen molar-refractivity contribution in [3.05, 3.63) is 29.8 Å². The highest BCUT2D eigenvalue weighted by molar-refractivity contribution is 7.80. The van der Waals surface area contributed by atoms with Gasteiger partial charge in [0.05, 0.1) is 5.56 Å². The maximum absolute atomic E-state index is 5.86. The minimum Gasteiger partial charge on any atom is -0.492 e. The van der Waals surface area contributed by atoms with Crippen LogP contribution in [0.2, 0.25) is 0 Å². The lowest BCUT2D eigenvalue weighted by atomic mass is 9.84. The topological polar surface area (TPSA) is 38.5 Å². The van der Waals surface area contributed by atoms with Gasteiger partial charge >= 0.3 is 0 Å². The molecule has 0 amide bonds. The fourth-order valence-corrected chi connectivity index (χ4v) is 2.98. The predicted octanol–water partition coefficient (Wildman–Crippen LogP) is 2.82. The smallest absolute Gasteiger partial charge is 0.129 e. The Morgan fingerprint density at radius 2 is 2.15 bits per heavy atom. The van der Waals surface area contributed by atoms with E-state index in [1.165, 1.54) is 19.4 Å². The molecule has 1 aromatic rings. The SMILES string of the molecule is CC1(C)CCCN(CCOc2ccccc2C(N)=S)C1. The van der Waals surface area contributed by atoms with Crippen LogP contribution in [0.3, 0.4) is 0 Å². The summed E-state index contributed by atoms with van der Waals surface area (Å²) in [5.74, 6) is 0.788. The van der Waals surface area contributed by atoms with E-state index >= 15 is 0 Å². The summed E-state index contributed by atoms with van der Waals surface area (Å²) in [7, 11) is 0. The van der Waals surface area contributed by atoms with Gasteiger partial charge < -0.3 is 10.5 Å². The normalized spacial score (nSPS) is 18.7. The van der Waals surface area contributed by atoms with Crippen LogP contribution in [-0.4, -0.2) is 36.1 Å². The number of nitrogens with zero attached hydrogens (tertiary/aromatic N) is 1. The lowest BCUT2D eigenvalue weighted by Gasteiger charge is -2.37. The van der Waals surface area contributed by atoms with Gasteiger partial charge in [-0.25, -0.2) is 0 Å². The number of ether oxygens (including phenoxy) is 1. The zero-order valence-electron chi connectivity index (χ0n) is 12.4. The maximum atomic E-state index is 5.86. The van der Waals surface area contributed by atoms with Gasteiger partial charge in [-0.15, -0.1) is 0 Å². The van der Waals surface area contributed by atoms with E-state index in [1.54, 1.807) is 0 Å². The van der Waals surface area contributed by atoms with E-state index in [4.69, 9.17) is 22.7 Å². The Balaban J connectivity index is 1.86. The zero-order valence-corrected chi connectivity index (χ0v) is 13.2. The van der Waals surface area contributed by atoms with Crippen molar-refractivity contribution in [1.82, 2.24) is 4.90 Å². The number of nitrogens with two attached hydrogens (primary N) is 1. The van der Waals surface area contributed by atoms with E-state index in [0.717, 1.165) is 24.4 Å². The Morgan fingerprint density at radius 3 is 2.85 bits per heavy atom. The molecule has 3 nitrogen and oxygen atoms in total. The van der Waals surface area contributed by atoms with Crippen LogP contribution in [0.5, 0.6) is 5.75 Å².